The maximum Gasteiger partial charge on any atom is 0.282 e. The Bertz CT molecular complexity index is 727. The van der Waals surface area contributed by atoms with Crippen LogP contribution in [0.1, 0.15) is 39.5 Å². The zero-order valence-electron chi connectivity index (χ0n) is 15.7. The number of sulfonamides is 1. The minimum Gasteiger partial charge on any atom is -0.325 e. The van der Waals surface area contributed by atoms with Crippen molar-refractivity contribution in [2.24, 2.45) is 5.92 Å². The Kier molecular flexibility index (Phi) is 5.99. The number of carbonyl (C=O) groups is 1. The lowest BCUT2D eigenvalue weighted by Crippen LogP contribution is -3.17. The fraction of sp³-hybridized carbons (Fsp3) is 0.632. The van der Waals surface area contributed by atoms with E-state index >= 15 is 0 Å². The first-order valence-electron chi connectivity index (χ1n) is 9.63. The molecule has 0 bridgehead atoms. The van der Waals surface area contributed by atoms with Crippen molar-refractivity contribution in [3.05, 3.63) is 24.3 Å². The monoisotopic (exact) mass is 380 g/mol. The molecule has 2 aliphatic rings. The summed E-state index contributed by atoms with van der Waals surface area (Å²) in [7, 11) is -3.41. The quantitative estimate of drug-likeness (QED) is 0.804. The number of amides is 1. The molecule has 0 aliphatic carbocycles. The van der Waals surface area contributed by atoms with Crippen LogP contribution in [0.15, 0.2) is 29.2 Å². The van der Waals surface area contributed by atoms with Crippen LogP contribution in [0.3, 0.4) is 0 Å². The van der Waals surface area contributed by atoms with Crippen LogP contribution in [0.2, 0.25) is 0 Å². The molecule has 6 nitrogen and oxygen atoms in total. The van der Waals surface area contributed by atoms with Crippen LogP contribution in [0.5, 0.6) is 0 Å². The lowest BCUT2D eigenvalue weighted by Gasteiger charge is -2.31. The number of hydrogen-bond acceptors (Lipinski definition) is 3. The number of benzene rings is 1. The van der Waals surface area contributed by atoms with E-state index in [4.69, 9.17) is 0 Å². The molecule has 0 aromatic heterocycles. The molecular formula is C19H30N3O3S+. The zero-order valence-corrected chi connectivity index (χ0v) is 16.5. The van der Waals surface area contributed by atoms with Crippen LogP contribution >= 0.6 is 0 Å². The summed E-state index contributed by atoms with van der Waals surface area (Å²) in [5.41, 5.74) is 0.645. The van der Waals surface area contributed by atoms with Crippen molar-refractivity contribution in [1.82, 2.24) is 4.31 Å². The molecule has 3 atom stereocenters. The number of nitrogens with zero attached hydrogens (tertiary/aromatic N) is 1. The van der Waals surface area contributed by atoms with E-state index in [1.54, 1.807) is 24.3 Å². The maximum atomic E-state index is 12.6. The molecule has 7 heteroatoms. The molecule has 0 saturated carbocycles. The first-order chi connectivity index (χ1) is 12.4. The minimum atomic E-state index is -3.41. The van der Waals surface area contributed by atoms with Gasteiger partial charge in [0, 0.05) is 24.7 Å². The Morgan fingerprint density at radius 1 is 1.19 bits per heavy atom. The van der Waals surface area contributed by atoms with Gasteiger partial charge in [0.15, 0.2) is 6.04 Å². The van der Waals surface area contributed by atoms with Gasteiger partial charge in [-0.15, -0.1) is 0 Å². The number of quaternary nitrogens is 1. The molecule has 1 aromatic rings. The first-order valence-corrected chi connectivity index (χ1v) is 11.1. The highest BCUT2D eigenvalue weighted by Crippen LogP contribution is 2.22. The molecule has 144 valence electrons. The molecule has 2 fully saturated rings. The van der Waals surface area contributed by atoms with Crippen LogP contribution in [-0.2, 0) is 14.8 Å². The molecule has 1 amide bonds. The van der Waals surface area contributed by atoms with Gasteiger partial charge in [-0.25, -0.2) is 8.42 Å². The van der Waals surface area contributed by atoms with Crippen molar-refractivity contribution in [1.29, 1.82) is 0 Å². The second kappa shape index (κ2) is 8.06. The third kappa shape index (κ3) is 4.27. The number of nitrogens with one attached hydrogen (secondary N) is 2. The predicted molar refractivity (Wildman–Crippen MR) is 102 cm³/mol. The molecule has 2 N–H and O–H groups in total. The highest BCUT2D eigenvalue weighted by molar-refractivity contribution is 7.89. The third-order valence-corrected chi connectivity index (χ3v) is 7.55. The van der Waals surface area contributed by atoms with Crippen LogP contribution in [0.25, 0.3) is 0 Å². The molecule has 1 aromatic carbocycles. The van der Waals surface area contributed by atoms with Crippen molar-refractivity contribution in [2.75, 3.05) is 31.5 Å². The van der Waals surface area contributed by atoms with E-state index in [0.29, 0.717) is 29.6 Å². The van der Waals surface area contributed by atoms with Gasteiger partial charge in [0.05, 0.1) is 18.0 Å². The highest BCUT2D eigenvalue weighted by Gasteiger charge is 2.30. The van der Waals surface area contributed by atoms with Crippen LogP contribution in [0.4, 0.5) is 5.69 Å². The van der Waals surface area contributed by atoms with Crippen LogP contribution < -0.4 is 10.2 Å². The normalized spacial score (nSPS) is 25.8. The van der Waals surface area contributed by atoms with Crippen LogP contribution in [0, 0.1) is 5.92 Å². The summed E-state index contributed by atoms with van der Waals surface area (Å²) in [6.45, 7) is 7.45. The number of hydrogen-bond donors (Lipinski definition) is 2. The summed E-state index contributed by atoms with van der Waals surface area (Å²) >= 11 is 0. The Labute approximate surface area is 156 Å². The second-order valence-electron chi connectivity index (χ2n) is 7.71. The average Bonchev–Trinajstić information content (AvgIpc) is 3.17. The predicted octanol–water partition coefficient (Wildman–Crippen LogP) is 1.11. The fourth-order valence-corrected chi connectivity index (χ4v) is 5.46. The van der Waals surface area contributed by atoms with Gasteiger partial charge in [-0.2, -0.15) is 4.31 Å². The summed E-state index contributed by atoms with van der Waals surface area (Å²) in [6.07, 6.45) is 4.24. The lowest BCUT2D eigenvalue weighted by atomic mass is 9.99. The molecule has 2 saturated heterocycles. The number of carbonyl (C=O) groups excluding carboxylic acids is 1. The van der Waals surface area contributed by atoms with Crippen molar-refractivity contribution in [3.63, 3.8) is 0 Å². The molecule has 0 spiro atoms. The summed E-state index contributed by atoms with van der Waals surface area (Å²) in [5, 5.41) is 2.93. The van der Waals surface area contributed by atoms with Crippen molar-refractivity contribution in [3.8, 4) is 0 Å². The maximum absolute atomic E-state index is 12.6. The van der Waals surface area contributed by atoms with Gasteiger partial charge in [-0.3, -0.25) is 4.79 Å². The van der Waals surface area contributed by atoms with Gasteiger partial charge in [-0.1, -0.05) is 6.92 Å². The molecule has 26 heavy (non-hydrogen) atoms. The molecule has 2 aliphatic heterocycles. The molecule has 0 radical (unpaired) electrons. The Balaban J connectivity index is 1.62. The summed E-state index contributed by atoms with van der Waals surface area (Å²) in [6, 6.07) is 6.43. The van der Waals surface area contributed by atoms with Gasteiger partial charge >= 0.3 is 0 Å². The first kappa shape index (κ1) is 19.3. The van der Waals surface area contributed by atoms with Gasteiger partial charge in [-0.05, 0) is 56.9 Å². The van der Waals surface area contributed by atoms with Gasteiger partial charge in [0.1, 0.15) is 0 Å². The number of rotatable bonds is 5. The van der Waals surface area contributed by atoms with Crippen molar-refractivity contribution >= 4 is 21.6 Å². The van der Waals surface area contributed by atoms with Crippen LogP contribution in [-0.4, -0.2) is 50.9 Å². The molecule has 2 heterocycles. The lowest BCUT2D eigenvalue weighted by molar-refractivity contribution is -0.922. The second-order valence-corrected chi connectivity index (χ2v) is 9.64. The highest BCUT2D eigenvalue weighted by atomic mass is 32.2. The molecular weight excluding hydrogens is 350 g/mol. The minimum absolute atomic E-state index is 0.00995. The fourth-order valence-electron chi connectivity index (χ4n) is 3.95. The van der Waals surface area contributed by atoms with Crippen molar-refractivity contribution in [2.45, 2.75) is 50.5 Å². The van der Waals surface area contributed by atoms with Crippen molar-refractivity contribution < 1.29 is 18.1 Å². The summed E-state index contributed by atoms with van der Waals surface area (Å²) < 4.78 is 26.6. The van der Waals surface area contributed by atoms with E-state index in [0.717, 1.165) is 32.4 Å². The topological polar surface area (TPSA) is 70.9 Å². The Morgan fingerprint density at radius 2 is 1.85 bits per heavy atom. The smallest absolute Gasteiger partial charge is 0.282 e. The average molecular weight is 381 g/mol. The molecule has 1 unspecified atom stereocenters. The van der Waals surface area contributed by atoms with E-state index in [1.165, 1.54) is 15.6 Å². The number of likely N-dealkylation sites (tertiary alicyclic amines) is 1. The largest absolute Gasteiger partial charge is 0.325 e. The van der Waals surface area contributed by atoms with E-state index in [1.807, 2.05) is 6.92 Å². The zero-order chi connectivity index (χ0) is 18.7. The number of piperidine rings is 1. The standard InChI is InChI=1S/C19H29N3O3S/c1-15-6-5-11-21(14-15)16(2)19(23)20-17-7-9-18(10-8-17)26(24,25)22-12-3-4-13-22/h7-10,15-16H,3-6,11-14H2,1-2H3,(H,20,23)/p+1/t15-,16-/m0/s1. The van der Waals surface area contributed by atoms with Gasteiger partial charge < -0.3 is 10.2 Å². The Hall–Kier alpha value is -1.44. The van der Waals surface area contributed by atoms with Gasteiger partial charge in [0.25, 0.3) is 5.91 Å². The summed E-state index contributed by atoms with van der Waals surface area (Å²) in [4.78, 5) is 14.2. The number of anilines is 1. The van der Waals surface area contributed by atoms with Gasteiger partial charge in [0.2, 0.25) is 10.0 Å². The Morgan fingerprint density at radius 3 is 2.46 bits per heavy atom. The van der Waals surface area contributed by atoms with E-state index in [-0.39, 0.29) is 11.9 Å². The van der Waals surface area contributed by atoms with E-state index < -0.39 is 10.0 Å². The third-order valence-electron chi connectivity index (χ3n) is 5.64. The van der Waals surface area contributed by atoms with E-state index in [9.17, 15) is 13.2 Å². The van der Waals surface area contributed by atoms with E-state index in [2.05, 4.69) is 12.2 Å². The SMILES string of the molecule is C[C@H]1CCC[NH+]([C@@H](C)C(=O)Nc2ccc(S(=O)(=O)N3CCCC3)cc2)C1. The molecule has 3 rings (SSSR count). The summed E-state index contributed by atoms with van der Waals surface area (Å²) in [5.74, 6) is 0.647.